The summed E-state index contributed by atoms with van der Waals surface area (Å²) in [4.78, 5) is 25.0. The van der Waals surface area contributed by atoms with Crippen LogP contribution in [-0.2, 0) is 11.3 Å². The van der Waals surface area contributed by atoms with E-state index < -0.39 is 0 Å². The van der Waals surface area contributed by atoms with Crippen LogP contribution in [0.4, 0.5) is 10.6 Å². The lowest BCUT2D eigenvalue weighted by Crippen LogP contribution is -2.49. The third-order valence-electron chi connectivity index (χ3n) is 4.59. The van der Waals surface area contributed by atoms with Gasteiger partial charge in [-0.25, -0.2) is 9.78 Å². The van der Waals surface area contributed by atoms with E-state index in [0.717, 1.165) is 16.9 Å². The topological polar surface area (TPSA) is 84.6 Å². The number of ether oxygens (including phenoxy) is 1. The van der Waals surface area contributed by atoms with E-state index in [-0.39, 0.29) is 12.7 Å². The van der Waals surface area contributed by atoms with Gasteiger partial charge in [0.25, 0.3) is 5.89 Å². The number of anilines is 1. The average molecular weight is 379 g/mol. The molecule has 1 aliphatic rings. The maximum absolute atomic E-state index is 12.3. The lowest BCUT2D eigenvalue weighted by atomic mass is 10.2. The Morgan fingerprint density at radius 2 is 1.89 bits per heavy atom. The quantitative estimate of drug-likeness (QED) is 0.689. The van der Waals surface area contributed by atoms with Crippen molar-refractivity contribution in [3.05, 3.63) is 60.0 Å². The third kappa shape index (κ3) is 3.95. The summed E-state index contributed by atoms with van der Waals surface area (Å²) < 4.78 is 10.7. The van der Waals surface area contributed by atoms with Crippen molar-refractivity contribution in [1.29, 1.82) is 0 Å². The zero-order chi connectivity index (χ0) is 19.3. The van der Waals surface area contributed by atoms with E-state index in [1.807, 2.05) is 42.5 Å². The minimum Gasteiger partial charge on any atom is -0.445 e. The van der Waals surface area contributed by atoms with Crippen molar-refractivity contribution in [2.45, 2.75) is 13.5 Å². The van der Waals surface area contributed by atoms with Gasteiger partial charge in [-0.1, -0.05) is 35.5 Å². The molecule has 0 unspecified atom stereocenters. The Morgan fingerprint density at radius 1 is 1.11 bits per heavy atom. The van der Waals surface area contributed by atoms with Crippen LogP contribution in [0.5, 0.6) is 0 Å². The average Bonchev–Trinajstić information content (AvgIpc) is 3.19. The van der Waals surface area contributed by atoms with E-state index in [1.165, 1.54) is 0 Å². The number of benzene rings is 1. The minimum atomic E-state index is -0.294. The molecule has 2 aromatic heterocycles. The Hall–Kier alpha value is -3.42. The van der Waals surface area contributed by atoms with Crippen molar-refractivity contribution in [2.24, 2.45) is 0 Å². The lowest BCUT2D eigenvalue weighted by molar-refractivity contribution is 0.0941. The molecule has 4 rings (SSSR count). The fourth-order valence-electron chi connectivity index (χ4n) is 3.13. The summed E-state index contributed by atoms with van der Waals surface area (Å²) in [6.07, 6.45) is 1.44. The molecular weight excluding hydrogens is 358 g/mol. The summed E-state index contributed by atoms with van der Waals surface area (Å²) in [6.45, 7) is 4.48. The van der Waals surface area contributed by atoms with Crippen molar-refractivity contribution < 1.29 is 14.1 Å². The summed E-state index contributed by atoms with van der Waals surface area (Å²) in [5.74, 6) is 1.81. The van der Waals surface area contributed by atoms with Crippen LogP contribution < -0.4 is 4.90 Å². The van der Waals surface area contributed by atoms with Crippen LogP contribution in [0.1, 0.15) is 11.4 Å². The second kappa shape index (κ2) is 8.08. The van der Waals surface area contributed by atoms with E-state index in [2.05, 4.69) is 20.0 Å². The molecule has 8 heteroatoms. The Labute approximate surface area is 162 Å². The number of pyridine rings is 1. The van der Waals surface area contributed by atoms with Crippen LogP contribution in [0.2, 0.25) is 0 Å². The van der Waals surface area contributed by atoms with Gasteiger partial charge in [0.15, 0.2) is 5.82 Å². The van der Waals surface area contributed by atoms with Crippen LogP contribution in [0, 0.1) is 6.92 Å². The number of hydrogen-bond donors (Lipinski definition) is 0. The number of carbonyl (C=O) groups excluding carboxylic acids is 1. The van der Waals surface area contributed by atoms with Crippen LogP contribution in [0.15, 0.2) is 53.2 Å². The Balaban J connectivity index is 1.37. The van der Waals surface area contributed by atoms with Crippen LogP contribution in [-0.4, -0.2) is 52.3 Å². The van der Waals surface area contributed by atoms with E-state index in [9.17, 15) is 4.79 Å². The standard InChI is InChI=1S/C20H21N5O3/c1-15-22-19(28-23-15)17-8-5-9-21-18(17)24-10-12-25(13-11-24)20(26)27-14-16-6-3-2-4-7-16/h2-9H,10-14H2,1H3. The van der Waals surface area contributed by atoms with Crippen LogP contribution in [0.3, 0.4) is 0 Å². The predicted octanol–water partition coefficient (Wildman–Crippen LogP) is 2.90. The first-order valence-corrected chi connectivity index (χ1v) is 9.17. The van der Waals surface area contributed by atoms with Crippen molar-refractivity contribution in [3.8, 4) is 11.5 Å². The van der Waals surface area contributed by atoms with Crippen molar-refractivity contribution in [2.75, 3.05) is 31.1 Å². The fraction of sp³-hybridized carbons (Fsp3) is 0.300. The third-order valence-corrected chi connectivity index (χ3v) is 4.59. The van der Waals surface area contributed by atoms with Crippen molar-refractivity contribution in [3.63, 3.8) is 0 Å². The molecule has 1 aromatic carbocycles. The molecule has 3 heterocycles. The zero-order valence-electron chi connectivity index (χ0n) is 15.6. The number of piperazine rings is 1. The zero-order valence-corrected chi connectivity index (χ0v) is 15.6. The predicted molar refractivity (Wildman–Crippen MR) is 103 cm³/mol. The van der Waals surface area contributed by atoms with Crippen molar-refractivity contribution >= 4 is 11.9 Å². The largest absolute Gasteiger partial charge is 0.445 e. The molecule has 3 aromatic rings. The molecule has 0 aliphatic carbocycles. The highest BCUT2D eigenvalue weighted by Gasteiger charge is 2.25. The molecule has 1 fully saturated rings. The molecule has 0 N–H and O–H groups in total. The van der Waals surface area contributed by atoms with Gasteiger partial charge in [-0.15, -0.1) is 0 Å². The molecule has 0 bridgehead atoms. The van der Waals surface area contributed by atoms with Crippen LogP contribution >= 0.6 is 0 Å². The molecule has 8 nitrogen and oxygen atoms in total. The number of aryl methyl sites for hydroxylation is 1. The normalized spacial score (nSPS) is 14.2. The molecule has 144 valence electrons. The van der Waals surface area contributed by atoms with E-state index in [1.54, 1.807) is 18.0 Å². The van der Waals surface area contributed by atoms with Gasteiger partial charge in [-0.3, -0.25) is 0 Å². The first kappa shape index (κ1) is 18.0. The monoisotopic (exact) mass is 379 g/mol. The molecule has 0 saturated carbocycles. The first-order chi connectivity index (χ1) is 13.7. The Morgan fingerprint density at radius 3 is 2.61 bits per heavy atom. The number of rotatable bonds is 4. The van der Waals surface area contributed by atoms with Gasteiger partial charge in [0.05, 0.1) is 5.56 Å². The summed E-state index contributed by atoms with van der Waals surface area (Å²) in [6, 6.07) is 13.4. The van der Waals surface area contributed by atoms with Crippen LogP contribution in [0.25, 0.3) is 11.5 Å². The molecule has 0 radical (unpaired) electrons. The van der Waals surface area contributed by atoms with Gasteiger partial charge in [-0.05, 0) is 24.6 Å². The van der Waals surface area contributed by atoms with Gasteiger partial charge in [-0.2, -0.15) is 4.98 Å². The molecule has 0 spiro atoms. The number of hydrogen-bond acceptors (Lipinski definition) is 7. The summed E-state index contributed by atoms with van der Waals surface area (Å²) in [7, 11) is 0. The molecule has 28 heavy (non-hydrogen) atoms. The van der Waals surface area contributed by atoms with Gasteiger partial charge in [0.1, 0.15) is 12.4 Å². The molecular formula is C20H21N5O3. The SMILES string of the molecule is Cc1noc(-c2cccnc2N2CCN(C(=O)OCc3ccccc3)CC2)n1. The lowest BCUT2D eigenvalue weighted by Gasteiger charge is -2.35. The summed E-state index contributed by atoms with van der Waals surface area (Å²) in [5.41, 5.74) is 1.77. The van der Waals surface area contributed by atoms with E-state index in [4.69, 9.17) is 9.26 Å². The van der Waals surface area contributed by atoms with Crippen molar-refractivity contribution in [1.82, 2.24) is 20.0 Å². The number of carbonyl (C=O) groups is 1. The van der Waals surface area contributed by atoms with Gasteiger partial charge >= 0.3 is 6.09 Å². The Bertz CT molecular complexity index is 936. The highest BCUT2D eigenvalue weighted by atomic mass is 16.6. The minimum absolute atomic E-state index is 0.279. The highest BCUT2D eigenvalue weighted by molar-refractivity contribution is 5.71. The number of amides is 1. The molecule has 1 aliphatic heterocycles. The maximum atomic E-state index is 12.3. The number of aromatic nitrogens is 3. The second-order valence-electron chi connectivity index (χ2n) is 6.54. The van der Waals surface area contributed by atoms with Gasteiger partial charge in [0, 0.05) is 32.4 Å². The maximum Gasteiger partial charge on any atom is 0.410 e. The number of nitrogens with zero attached hydrogens (tertiary/aromatic N) is 5. The highest BCUT2D eigenvalue weighted by Crippen LogP contribution is 2.28. The molecule has 0 atom stereocenters. The van der Waals surface area contributed by atoms with Gasteiger partial charge < -0.3 is 19.1 Å². The molecule has 1 saturated heterocycles. The van der Waals surface area contributed by atoms with Gasteiger partial charge in [0.2, 0.25) is 0 Å². The summed E-state index contributed by atoms with van der Waals surface area (Å²) >= 11 is 0. The fourth-order valence-corrected chi connectivity index (χ4v) is 3.13. The van der Waals surface area contributed by atoms with E-state index in [0.29, 0.717) is 37.9 Å². The summed E-state index contributed by atoms with van der Waals surface area (Å²) in [5, 5.41) is 3.86. The first-order valence-electron chi connectivity index (χ1n) is 9.17. The Kier molecular flexibility index (Phi) is 5.18. The molecule has 1 amide bonds. The second-order valence-corrected chi connectivity index (χ2v) is 6.54. The smallest absolute Gasteiger partial charge is 0.410 e. The van der Waals surface area contributed by atoms with E-state index >= 15 is 0 Å².